The highest BCUT2D eigenvalue weighted by atomic mass is 32.2. The van der Waals surface area contributed by atoms with Gasteiger partial charge in [-0.3, -0.25) is 4.90 Å². The Morgan fingerprint density at radius 1 is 1.82 bits per heavy atom. The summed E-state index contributed by atoms with van der Waals surface area (Å²) in [5.74, 6) is 0. The van der Waals surface area contributed by atoms with Crippen LogP contribution in [0.5, 0.6) is 0 Å². The lowest BCUT2D eigenvalue weighted by Crippen LogP contribution is -2.29. The summed E-state index contributed by atoms with van der Waals surface area (Å²) in [5, 5.41) is 2.07. The highest BCUT2D eigenvalue weighted by Crippen LogP contribution is 2.24. The van der Waals surface area contributed by atoms with Crippen molar-refractivity contribution in [3.8, 4) is 0 Å². The summed E-state index contributed by atoms with van der Waals surface area (Å²) in [5.41, 5.74) is 0. The molecule has 1 atom stereocenters. The number of hydrogen-bond donors (Lipinski definition) is 0. The largest absolute Gasteiger partial charge is 0.449 e. The third kappa shape index (κ3) is 1.89. The summed E-state index contributed by atoms with van der Waals surface area (Å²) in [6, 6.07) is 0. The number of ether oxygens (including phenoxy) is 1. The van der Waals surface area contributed by atoms with E-state index in [0.29, 0.717) is 6.61 Å². The summed E-state index contributed by atoms with van der Waals surface area (Å²) < 4.78 is 4.82. The standard InChI is InChI=1S/C7H11NO2S/c1-3-10-7(9)8-4-5-11-6(8)2/h4-6H,3H2,1-2H3. The number of rotatable bonds is 1. The Morgan fingerprint density at radius 3 is 3.00 bits per heavy atom. The first kappa shape index (κ1) is 8.46. The Morgan fingerprint density at radius 2 is 2.55 bits per heavy atom. The summed E-state index contributed by atoms with van der Waals surface area (Å²) >= 11 is 1.60. The number of amides is 1. The molecule has 0 fully saturated rings. The summed E-state index contributed by atoms with van der Waals surface area (Å²) in [7, 11) is 0. The predicted molar refractivity (Wildman–Crippen MR) is 45.1 cm³/mol. The third-order valence-electron chi connectivity index (χ3n) is 1.37. The quantitative estimate of drug-likeness (QED) is 0.607. The van der Waals surface area contributed by atoms with Crippen molar-refractivity contribution in [2.45, 2.75) is 19.2 Å². The molecule has 11 heavy (non-hydrogen) atoms. The van der Waals surface area contributed by atoms with Gasteiger partial charge in [0.25, 0.3) is 0 Å². The Labute approximate surface area is 70.4 Å². The van der Waals surface area contributed by atoms with Gasteiger partial charge in [-0.2, -0.15) is 0 Å². The highest BCUT2D eigenvalue weighted by molar-refractivity contribution is 8.02. The van der Waals surface area contributed by atoms with Gasteiger partial charge < -0.3 is 4.74 Å². The van der Waals surface area contributed by atoms with Crippen LogP contribution in [0.25, 0.3) is 0 Å². The Hall–Kier alpha value is -0.640. The topological polar surface area (TPSA) is 29.5 Å². The smallest absolute Gasteiger partial charge is 0.414 e. The average molecular weight is 173 g/mol. The number of hydrogen-bond acceptors (Lipinski definition) is 3. The molecule has 0 saturated carbocycles. The lowest BCUT2D eigenvalue weighted by atomic mass is 10.6. The van der Waals surface area contributed by atoms with Gasteiger partial charge in [0.05, 0.1) is 12.0 Å². The van der Waals surface area contributed by atoms with E-state index in [0.717, 1.165) is 0 Å². The monoisotopic (exact) mass is 173 g/mol. The van der Waals surface area contributed by atoms with E-state index >= 15 is 0 Å². The third-order valence-corrected chi connectivity index (χ3v) is 2.27. The van der Waals surface area contributed by atoms with Gasteiger partial charge in [-0.1, -0.05) is 0 Å². The van der Waals surface area contributed by atoms with E-state index in [1.54, 1.807) is 29.8 Å². The molecule has 4 heteroatoms. The van der Waals surface area contributed by atoms with Crippen molar-refractivity contribution < 1.29 is 9.53 Å². The molecule has 0 aliphatic carbocycles. The van der Waals surface area contributed by atoms with E-state index in [1.165, 1.54) is 0 Å². The minimum Gasteiger partial charge on any atom is -0.449 e. The SMILES string of the molecule is CCOC(=O)N1C=CSC1C. The van der Waals surface area contributed by atoms with Gasteiger partial charge in [0.1, 0.15) is 0 Å². The Kier molecular flexibility index (Phi) is 2.82. The fraction of sp³-hybridized carbons (Fsp3) is 0.571. The van der Waals surface area contributed by atoms with E-state index in [-0.39, 0.29) is 11.5 Å². The van der Waals surface area contributed by atoms with E-state index in [4.69, 9.17) is 4.74 Å². The fourth-order valence-corrected chi connectivity index (χ4v) is 1.52. The molecule has 62 valence electrons. The van der Waals surface area contributed by atoms with Gasteiger partial charge in [0.15, 0.2) is 0 Å². The van der Waals surface area contributed by atoms with E-state index < -0.39 is 0 Å². The highest BCUT2D eigenvalue weighted by Gasteiger charge is 2.22. The zero-order valence-corrected chi connectivity index (χ0v) is 7.43. The van der Waals surface area contributed by atoms with Crippen LogP contribution in [0.2, 0.25) is 0 Å². The van der Waals surface area contributed by atoms with E-state index in [1.807, 2.05) is 12.3 Å². The fourth-order valence-electron chi connectivity index (χ4n) is 0.808. The maximum absolute atomic E-state index is 11.1. The molecule has 1 aliphatic rings. The number of carbonyl (C=O) groups is 1. The van der Waals surface area contributed by atoms with Crippen LogP contribution in [0.15, 0.2) is 11.6 Å². The molecular weight excluding hydrogens is 162 g/mol. The minimum atomic E-state index is -0.263. The van der Waals surface area contributed by atoms with Gasteiger partial charge in [-0.25, -0.2) is 4.79 Å². The predicted octanol–water partition coefficient (Wildman–Crippen LogP) is 2.01. The lowest BCUT2D eigenvalue weighted by molar-refractivity contribution is 0.122. The maximum atomic E-state index is 11.1. The van der Waals surface area contributed by atoms with Crippen molar-refractivity contribution in [3.05, 3.63) is 11.6 Å². The Bertz CT molecular complexity index is 181. The summed E-state index contributed by atoms with van der Waals surface area (Å²) in [6.45, 7) is 4.19. The van der Waals surface area contributed by atoms with Gasteiger partial charge in [-0.15, -0.1) is 11.8 Å². The maximum Gasteiger partial charge on any atom is 0.414 e. The van der Waals surface area contributed by atoms with Crippen molar-refractivity contribution in [1.29, 1.82) is 0 Å². The van der Waals surface area contributed by atoms with Crippen LogP contribution in [-0.4, -0.2) is 23.0 Å². The summed E-state index contributed by atoms with van der Waals surface area (Å²) in [6.07, 6.45) is 1.48. The number of nitrogens with zero attached hydrogens (tertiary/aromatic N) is 1. The first-order chi connectivity index (χ1) is 5.25. The molecule has 1 amide bonds. The molecule has 0 aromatic carbocycles. The van der Waals surface area contributed by atoms with Gasteiger partial charge >= 0.3 is 6.09 Å². The first-order valence-electron chi connectivity index (χ1n) is 3.53. The number of thioether (sulfide) groups is 1. The molecule has 0 saturated heterocycles. The molecule has 0 aromatic rings. The van der Waals surface area contributed by atoms with Crippen LogP contribution in [-0.2, 0) is 4.74 Å². The van der Waals surface area contributed by atoms with Crippen LogP contribution < -0.4 is 0 Å². The lowest BCUT2D eigenvalue weighted by Gasteiger charge is -2.17. The van der Waals surface area contributed by atoms with E-state index in [2.05, 4.69) is 0 Å². The Balaban J connectivity index is 2.46. The van der Waals surface area contributed by atoms with Crippen LogP contribution in [0.4, 0.5) is 4.79 Å². The van der Waals surface area contributed by atoms with Crippen molar-refractivity contribution in [2.24, 2.45) is 0 Å². The molecule has 0 bridgehead atoms. The first-order valence-corrected chi connectivity index (χ1v) is 4.47. The molecule has 1 rings (SSSR count). The van der Waals surface area contributed by atoms with Crippen LogP contribution in [0.1, 0.15) is 13.8 Å². The molecule has 0 spiro atoms. The van der Waals surface area contributed by atoms with Crippen molar-refractivity contribution >= 4 is 17.9 Å². The molecule has 3 nitrogen and oxygen atoms in total. The minimum absolute atomic E-state index is 0.175. The van der Waals surface area contributed by atoms with E-state index in [9.17, 15) is 4.79 Å². The van der Waals surface area contributed by atoms with Gasteiger partial charge in [-0.05, 0) is 19.3 Å². The second kappa shape index (κ2) is 3.67. The van der Waals surface area contributed by atoms with Gasteiger partial charge in [0.2, 0.25) is 0 Å². The molecule has 1 unspecified atom stereocenters. The second-order valence-corrected chi connectivity index (χ2v) is 3.35. The van der Waals surface area contributed by atoms with Crippen molar-refractivity contribution in [3.63, 3.8) is 0 Å². The normalized spacial score (nSPS) is 22.4. The van der Waals surface area contributed by atoms with Gasteiger partial charge in [0, 0.05) is 6.20 Å². The molecule has 1 aliphatic heterocycles. The molecular formula is C7H11NO2S. The molecule has 0 N–H and O–H groups in total. The van der Waals surface area contributed by atoms with Crippen LogP contribution in [0.3, 0.4) is 0 Å². The molecule has 0 aromatic heterocycles. The number of carbonyl (C=O) groups excluding carboxylic acids is 1. The zero-order valence-electron chi connectivity index (χ0n) is 6.61. The van der Waals surface area contributed by atoms with Crippen molar-refractivity contribution in [1.82, 2.24) is 4.90 Å². The van der Waals surface area contributed by atoms with Crippen molar-refractivity contribution in [2.75, 3.05) is 6.61 Å². The average Bonchev–Trinajstić information content (AvgIpc) is 2.36. The van der Waals surface area contributed by atoms with Crippen LogP contribution in [0, 0.1) is 0 Å². The molecule has 1 heterocycles. The summed E-state index contributed by atoms with van der Waals surface area (Å²) in [4.78, 5) is 12.7. The van der Waals surface area contributed by atoms with Crippen LogP contribution >= 0.6 is 11.8 Å². The molecule has 0 radical (unpaired) electrons. The second-order valence-electron chi connectivity index (χ2n) is 2.13. The zero-order chi connectivity index (χ0) is 8.27.